The van der Waals surface area contributed by atoms with Crippen molar-refractivity contribution < 1.29 is 26.2 Å². The number of hydrogen-bond donors (Lipinski definition) is 0. The van der Waals surface area contributed by atoms with Gasteiger partial charge in [0, 0.05) is 26.2 Å². The molecule has 0 radical (unpaired) electrons. The molecule has 0 fully saturated rings. The van der Waals surface area contributed by atoms with Crippen LogP contribution in [-0.2, 0) is 26.2 Å². The minimum atomic E-state index is 0. The van der Waals surface area contributed by atoms with Crippen LogP contribution in [0.1, 0.15) is 5.56 Å². The van der Waals surface area contributed by atoms with E-state index < -0.39 is 0 Å². The summed E-state index contributed by atoms with van der Waals surface area (Å²) in [4.78, 5) is 0. The molecule has 0 aliphatic rings. The van der Waals surface area contributed by atoms with Crippen molar-refractivity contribution in [1.82, 2.24) is 0 Å². The van der Waals surface area contributed by atoms with Crippen LogP contribution in [0.5, 0.6) is 0 Å². The minimum absolute atomic E-state index is 0. The normalized spacial score (nSPS) is 7.67. The maximum absolute atomic E-state index is 5.40. The number of halogens is 1. The summed E-state index contributed by atoms with van der Waals surface area (Å²) in [5, 5.41) is 0. The molecule has 1 aromatic carbocycles. The van der Waals surface area contributed by atoms with Gasteiger partial charge in [-0.15, -0.1) is 12.1 Å². The topological polar surface area (TPSA) is 0 Å². The van der Waals surface area contributed by atoms with Gasteiger partial charge in [0.15, 0.2) is 0 Å². The van der Waals surface area contributed by atoms with Gasteiger partial charge in [0.1, 0.15) is 0 Å². The maximum atomic E-state index is 5.40. The molecule has 0 atom stereocenters. The SMILES string of the molecule is Cl[CH-]c1ccccc1.[Zr]. The zero-order valence-electron chi connectivity index (χ0n) is 4.84. The van der Waals surface area contributed by atoms with E-state index in [1.54, 1.807) is 5.88 Å². The average Bonchev–Trinajstić information content (AvgIpc) is 1.90. The van der Waals surface area contributed by atoms with E-state index in [9.17, 15) is 0 Å². The second-order valence-corrected chi connectivity index (χ2v) is 1.74. The summed E-state index contributed by atoms with van der Waals surface area (Å²) in [7, 11) is 0. The Morgan fingerprint density at radius 2 is 1.67 bits per heavy atom. The molecule has 1 rings (SSSR count). The van der Waals surface area contributed by atoms with E-state index in [0.717, 1.165) is 5.56 Å². The molecular formula is C7H6ClZr-. The molecule has 0 unspecified atom stereocenters. The van der Waals surface area contributed by atoms with Crippen molar-refractivity contribution in [2.45, 2.75) is 0 Å². The molecule has 9 heavy (non-hydrogen) atoms. The molecule has 0 nitrogen and oxygen atoms in total. The van der Waals surface area contributed by atoms with Gasteiger partial charge < -0.3 is 0 Å². The predicted molar refractivity (Wildman–Crippen MR) is 35.7 cm³/mol. The van der Waals surface area contributed by atoms with Gasteiger partial charge in [-0.2, -0.15) is 29.3 Å². The van der Waals surface area contributed by atoms with Crippen molar-refractivity contribution in [2.75, 3.05) is 0 Å². The van der Waals surface area contributed by atoms with E-state index in [-0.39, 0.29) is 26.2 Å². The van der Waals surface area contributed by atoms with Crippen molar-refractivity contribution >= 4 is 11.6 Å². The van der Waals surface area contributed by atoms with E-state index in [1.807, 2.05) is 30.3 Å². The van der Waals surface area contributed by atoms with Crippen LogP contribution >= 0.6 is 11.6 Å². The average molecular weight is 217 g/mol. The summed E-state index contributed by atoms with van der Waals surface area (Å²) < 4.78 is 0. The van der Waals surface area contributed by atoms with Crippen molar-refractivity contribution in [2.24, 2.45) is 0 Å². The van der Waals surface area contributed by atoms with E-state index in [4.69, 9.17) is 11.6 Å². The molecular weight excluding hydrogens is 211 g/mol. The molecule has 0 bridgehead atoms. The van der Waals surface area contributed by atoms with Crippen molar-refractivity contribution in [1.29, 1.82) is 0 Å². The van der Waals surface area contributed by atoms with Gasteiger partial charge in [-0.1, -0.05) is 11.9 Å². The zero-order valence-corrected chi connectivity index (χ0v) is 8.06. The van der Waals surface area contributed by atoms with Crippen molar-refractivity contribution in [3.8, 4) is 0 Å². The largest absolute Gasteiger partial charge is 0.177 e. The van der Waals surface area contributed by atoms with Crippen LogP contribution in [0, 0.1) is 5.88 Å². The summed E-state index contributed by atoms with van der Waals surface area (Å²) in [6.07, 6.45) is 0. The molecule has 0 aromatic heterocycles. The first-order valence-corrected chi connectivity index (χ1v) is 2.85. The maximum Gasteiger partial charge on any atom is 0 e. The predicted octanol–water partition coefficient (Wildman–Crippen LogP) is 2.43. The second-order valence-electron chi connectivity index (χ2n) is 1.52. The van der Waals surface area contributed by atoms with Gasteiger partial charge in [0.25, 0.3) is 0 Å². The van der Waals surface area contributed by atoms with Gasteiger partial charge in [-0.25, -0.2) is 0 Å². The van der Waals surface area contributed by atoms with E-state index in [0.29, 0.717) is 0 Å². The van der Waals surface area contributed by atoms with Gasteiger partial charge in [0.05, 0.1) is 0 Å². The Labute approximate surface area is 79.3 Å². The number of hydrogen-bond acceptors (Lipinski definition) is 0. The van der Waals surface area contributed by atoms with Crippen molar-refractivity contribution in [3.63, 3.8) is 0 Å². The Balaban J connectivity index is 0.000000640. The molecule has 0 aliphatic heterocycles. The Bertz CT molecular complexity index is 150. The minimum Gasteiger partial charge on any atom is -0.177 e. The number of rotatable bonds is 1. The first-order chi connectivity index (χ1) is 3.93. The van der Waals surface area contributed by atoms with Crippen LogP contribution < -0.4 is 0 Å². The molecule has 0 saturated heterocycles. The molecule has 46 valence electrons. The summed E-state index contributed by atoms with van der Waals surface area (Å²) in [6.45, 7) is 0. The van der Waals surface area contributed by atoms with Crippen LogP contribution in [0.15, 0.2) is 30.3 Å². The molecule has 0 aliphatic carbocycles. The summed E-state index contributed by atoms with van der Waals surface area (Å²) in [6, 6.07) is 9.77. The molecule has 0 amide bonds. The smallest absolute Gasteiger partial charge is 0 e. The van der Waals surface area contributed by atoms with Gasteiger partial charge in [0.2, 0.25) is 0 Å². The molecule has 2 heteroatoms. The molecule has 1 aromatic rings. The fourth-order valence-corrected chi connectivity index (χ4v) is 0.671. The quantitative estimate of drug-likeness (QED) is 0.633. The van der Waals surface area contributed by atoms with Crippen molar-refractivity contribution in [3.05, 3.63) is 41.8 Å². The third-order valence-electron chi connectivity index (χ3n) is 0.926. The Morgan fingerprint density at radius 1 is 1.11 bits per heavy atom. The molecule has 0 N–H and O–H groups in total. The molecule has 0 saturated carbocycles. The van der Waals surface area contributed by atoms with Gasteiger partial charge in [-0.05, 0) is 0 Å². The zero-order chi connectivity index (χ0) is 5.82. The second kappa shape index (κ2) is 5.08. The summed E-state index contributed by atoms with van der Waals surface area (Å²) in [5.41, 5.74) is 1.05. The Hall–Kier alpha value is 0.263. The van der Waals surface area contributed by atoms with E-state index in [2.05, 4.69) is 0 Å². The van der Waals surface area contributed by atoms with Crippen LogP contribution in [0.4, 0.5) is 0 Å². The monoisotopic (exact) mass is 215 g/mol. The third kappa shape index (κ3) is 3.08. The van der Waals surface area contributed by atoms with Gasteiger partial charge in [-0.3, -0.25) is 0 Å². The van der Waals surface area contributed by atoms with Crippen LogP contribution in [0.2, 0.25) is 0 Å². The number of benzene rings is 1. The Kier molecular flexibility index (Phi) is 5.23. The van der Waals surface area contributed by atoms with E-state index in [1.165, 1.54) is 0 Å². The third-order valence-corrected chi connectivity index (χ3v) is 1.18. The Morgan fingerprint density at radius 3 is 2.00 bits per heavy atom. The van der Waals surface area contributed by atoms with Crippen LogP contribution in [0.25, 0.3) is 0 Å². The molecule has 0 heterocycles. The fourth-order valence-electron chi connectivity index (χ4n) is 0.526. The summed E-state index contributed by atoms with van der Waals surface area (Å²) in [5.74, 6) is 1.56. The first kappa shape index (κ1) is 9.26. The fraction of sp³-hybridized carbons (Fsp3) is 0. The van der Waals surface area contributed by atoms with Crippen LogP contribution in [-0.4, -0.2) is 0 Å². The standard InChI is InChI=1S/C7H6Cl.Zr/c8-6-7-4-2-1-3-5-7;/h1-6H;/q-1;. The summed E-state index contributed by atoms with van der Waals surface area (Å²) >= 11 is 5.40. The van der Waals surface area contributed by atoms with E-state index >= 15 is 0 Å². The van der Waals surface area contributed by atoms with Gasteiger partial charge >= 0.3 is 0 Å². The first-order valence-electron chi connectivity index (χ1n) is 2.42. The van der Waals surface area contributed by atoms with Crippen LogP contribution in [0.3, 0.4) is 0 Å². The molecule has 0 spiro atoms.